The third-order valence-corrected chi connectivity index (χ3v) is 3.68. The molecule has 0 fully saturated rings. The van der Waals surface area contributed by atoms with Gasteiger partial charge in [-0.05, 0) is 20.9 Å². The van der Waals surface area contributed by atoms with Crippen LogP contribution in [0, 0.1) is 6.92 Å². The van der Waals surface area contributed by atoms with Crippen LogP contribution in [0.4, 0.5) is 0 Å². The maximum Gasteiger partial charge on any atom is 0.244 e. The standard InChI is InChI=1S/C8H16N4O2S/c1-6(9-3)4-11-15(13,14)8-5-10-12-7(8)2/h5-6,9,11H,4H2,1-3H3,(H,10,12). The number of aromatic nitrogens is 2. The summed E-state index contributed by atoms with van der Waals surface area (Å²) in [5, 5.41) is 9.21. The zero-order valence-electron chi connectivity index (χ0n) is 9.03. The summed E-state index contributed by atoms with van der Waals surface area (Å²) >= 11 is 0. The summed E-state index contributed by atoms with van der Waals surface area (Å²) in [7, 11) is -1.66. The van der Waals surface area contributed by atoms with Crippen molar-refractivity contribution in [1.29, 1.82) is 0 Å². The second-order valence-corrected chi connectivity index (χ2v) is 5.14. The molecule has 1 aromatic heterocycles. The Bertz CT molecular complexity index is 412. The average molecular weight is 232 g/mol. The molecule has 15 heavy (non-hydrogen) atoms. The Morgan fingerprint density at radius 3 is 2.73 bits per heavy atom. The highest BCUT2D eigenvalue weighted by molar-refractivity contribution is 7.89. The van der Waals surface area contributed by atoms with Crippen molar-refractivity contribution in [2.24, 2.45) is 0 Å². The number of nitrogens with one attached hydrogen (secondary N) is 3. The third-order valence-electron chi connectivity index (χ3n) is 2.15. The van der Waals surface area contributed by atoms with Gasteiger partial charge >= 0.3 is 0 Å². The first-order chi connectivity index (χ1) is 6.97. The minimum atomic E-state index is -3.44. The lowest BCUT2D eigenvalue weighted by molar-refractivity contribution is 0.554. The first kappa shape index (κ1) is 12.2. The van der Waals surface area contributed by atoms with Crippen molar-refractivity contribution >= 4 is 10.0 Å². The van der Waals surface area contributed by atoms with Crippen LogP contribution in [0.2, 0.25) is 0 Å². The Kier molecular flexibility index (Phi) is 3.83. The van der Waals surface area contributed by atoms with Crippen molar-refractivity contribution in [1.82, 2.24) is 20.2 Å². The molecule has 0 aliphatic carbocycles. The van der Waals surface area contributed by atoms with E-state index in [9.17, 15) is 8.42 Å². The normalized spacial score (nSPS) is 14.1. The van der Waals surface area contributed by atoms with E-state index in [4.69, 9.17) is 0 Å². The highest BCUT2D eigenvalue weighted by Gasteiger charge is 2.18. The number of hydrogen-bond acceptors (Lipinski definition) is 4. The Labute approximate surface area is 89.5 Å². The van der Waals surface area contributed by atoms with Gasteiger partial charge in [0, 0.05) is 12.6 Å². The van der Waals surface area contributed by atoms with E-state index < -0.39 is 10.0 Å². The van der Waals surface area contributed by atoms with Crippen LogP contribution in [0.3, 0.4) is 0 Å². The topological polar surface area (TPSA) is 86.9 Å². The van der Waals surface area contributed by atoms with Gasteiger partial charge < -0.3 is 5.32 Å². The van der Waals surface area contributed by atoms with Crippen molar-refractivity contribution in [2.45, 2.75) is 24.8 Å². The average Bonchev–Trinajstić information content (AvgIpc) is 2.61. The summed E-state index contributed by atoms with van der Waals surface area (Å²) in [6.07, 6.45) is 1.31. The lowest BCUT2D eigenvalue weighted by Crippen LogP contribution is -2.37. The van der Waals surface area contributed by atoms with E-state index in [0.29, 0.717) is 12.2 Å². The fourth-order valence-corrected chi connectivity index (χ4v) is 2.29. The van der Waals surface area contributed by atoms with E-state index in [0.717, 1.165) is 0 Å². The molecule has 86 valence electrons. The van der Waals surface area contributed by atoms with E-state index in [-0.39, 0.29) is 10.9 Å². The molecule has 0 saturated heterocycles. The number of H-pyrrole nitrogens is 1. The molecule has 0 saturated carbocycles. The molecule has 0 aliphatic heterocycles. The monoisotopic (exact) mass is 232 g/mol. The molecule has 1 heterocycles. The van der Waals surface area contributed by atoms with Crippen LogP contribution in [-0.4, -0.2) is 38.2 Å². The molecule has 3 N–H and O–H groups in total. The van der Waals surface area contributed by atoms with Crippen LogP contribution in [0.5, 0.6) is 0 Å². The molecule has 0 aromatic carbocycles. The van der Waals surface area contributed by atoms with Crippen molar-refractivity contribution in [3.05, 3.63) is 11.9 Å². The number of rotatable bonds is 5. The zero-order valence-corrected chi connectivity index (χ0v) is 9.85. The molecule has 7 heteroatoms. The van der Waals surface area contributed by atoms with E-state index in [2.05, 4.69) is 20.2 Å². The van der Waals surface area contributed by atoms with Gasteiger partial charge in [0.2, 0.25) is 10.0 Å². The van der Waals surface area contributed by atoms with Crippen LogP contribution < -0.4 is 10.0 Å². The van der Waals surface area contributed by atoms with Crippen LogP contribution in [0.25, 0.3) is 0 Å². The molecule has 0 radical (unpaired) electrons. The minimum Gasteiger partial charge on any atom is -0.316 e. The molecule has 1 aromatic rings. The van der Waals surface area contributed by atoms with Gasteiger partial charge in [0.05, 0.1) is 11.9 Å². The first-order valence-electron chi connectivity index (χ1n) is 4.64. The Balaban J connectivity index is 2.73. The molecule has 0 bridgehead atoms. The quantitative estimate of drug-likeness (QED) is 0.645. The lowest BCUT2D eigenvalue weighted by Gasteiger charge is -2.11. The smallest absolute Gasteiger partial charge is 0.244 e. The molecule has 0 spiro atoms. The van der Waals surface area contributed by atoms with Crippen molar-refractivity contribution < 1.29 is 8.42 Å². The second kappa shape index (κ2) is 4.73. The molecule has 0 aliphatic rings. The Hall–Kier alpha value is -0.920. The highest BCUT2D eigenvalue weighted by Crippen LogP contribution is 2.10. The third kappa shape index (κ3) is 3.01. The van der Waals surface area contributed by atoms with E-state index in [1.165, 1.54) is 6.20 Å². The molecule has 1 atom stereocenters. The summed E-state index contributed by atoms with van der Waals surface area (Å²) < 4.78 is 26.0. The van der Waals surface area contributed by atoms with Gasteiger partial charge in [-0.25, -0.2) is 13.1 Å². The zero-order chi connectivity index (χ0) is 11.5. The maximum absolute atomic E-state index is 11.7. The van der Waals surface area contributed by atoms with Crippen LogP contribution in [0.15, 0.2) is 11.1 Å². The first-order valence-corrected chi connectivity index (χ1v) is 6.12. The number of nitrogens with zero attached hydrogens (tertiary/aromatic N) is 1. The van der Waals surface area contributed by atoms with Crippen molar-refractivity contribution in [3.63, 3.8) is 0 Å². The second-order valence-electron chi connectivity index (χ2n) is 3.40. The number of aryl methyl sites for hydroxylation is 1. The van der Waals surface area contributed by atoms with Crippen LogP contribution in [0.1, 0.15) is 12.6 Å². The van der Waals surface area contributed by atoms with Crippen molar-refractivity contribution in [3.8, 4) is 0 Å². The molecule has 1 unspecified atom stereocenters. The molecule has 1 rings (SSSR count). The van der Waals surface area contributed by atoms with Crippen LogP contribution >= 0.6 is 0 Å². The molecule has 6 nitrogen and oxygen atoms in total. The van der Waals surface area contributed by atoms with Gasteiger partial charge in [-0.3, -0.25) is 5.10 Å². The van der Waals surface area contributed by atoms with E-state index in [1.54, 1.807) is 14.0 Å². The van der Waals surface area contributed by atoms with E-state index >= 15 is 0 Å². The van der Waals surface area contributed by atoms with E-state index in [1.807, 2.05) is 6.92 Å². The molecular weight excluding hydrogens is 216 g/mol. The summed E-state index contributed by atoms with van der Waals surface area (Å²) in [5.74, 6) is 0. The van der Waals surface area contributed by atoms with Crippen molar-refractivity contribution in [2.75, 3.05) is 13.6 Å². The molecule has 0 amide bonds. The number of hydrogen-bond donors (Lipinski definition) is 3. The predicted molar refractivity (Wildman–Crippen MR) is 57.0 cm³/mol. The predicted octanol–water partition coefficient (Wildman–Crippen LogP) is -0.396. The fourth-order valence-electron chi connectivity index (χ4n) is 1.03. The highest BCUT2D eigenvalue weighted by atomic mass is 32.2. The summed E-state index contributed by atoms with van der Waals surface area (Å²) in [6, 6.07) is 0.0898. The fraction of sp³-hybridized carbons (Fsp3) is 0.625. The summed E-state index contributed by atoms with van der Waals surface area (Å²) in [6.45, 7) is 3.91. The summed E-state index contributed by atoms with van der Waals surface area (Å²) in [5.41, 5.74) is 0.541. The Morgan fingerprint density at radius 1 is 1.60 bits per heavy atom. The van der Waals surface area contributed by atoms with Gasteiger partial charge in [0.1, 0.15) is 4.90 Å². The largest absolute Gasteiger partial charge is 0.316 e. The van der Waals surface area contributed by atoms with Gasteiger partial charge in [-0.2, -0.15) is 5.10 Å². The van der Waals surface area contributed by atoms with Crippen LogP contribution in [-0.2, 0) is 10.0 Å². The molecular formula is C8H16N4O2S. The lowest BCUT2D eigenvalue weighted by atomic mass is 10.4. The van der Waals surface area contributed by atoms with Gasteiger partial charge in [-0.1, -0.05) is 0 Å². The SMILES string of the molecule is CNC(C)CNS(=O)(=O)c1cn[nH]c1C. The minimum absolute atomic E-state index is 0.0898. The number of likely N-dealkylation sites (N-methyl/N-ethyl adjacent to an activating group) is 1. The Morgan fingerprint density at radius 2 is 2.27 bits per heavy atom. The summed E-state index contributed by atoms with van der Waals surface area (Å²) in [4.78, 5) is 0.200. The van der Waals surface area contributed by atoms with Gasteiger partial charge in [0.15, 0.2) is 0 Å². The number of sulfonamides is 1. The van der Waals surface area contributed by atoms with Gasteiger partial charge in [-0.15, -0.1) is 0 Å². The number of aromatic amines is 1. The van der Waals surface area contributed by atoms with Gasteiger partial charge in [0.25, 0.3) is 0 Å². The maximum atomic E-state index is 11.7.